The van der Waals surface area contributed by atoms with Crippen molar-refractivity contribution in [3.05, 3.63) is 48.7 Å². The molecule has 0 bridgehead atoms. The second kappa shape index (κ2) is 6.24. The Morgan fingerprint density at radius 3 is 2.68 bits per heavy atom. The van der Waals surface area contributed by atoms with E-state index in [2.05, 4.69) is 10.3 Å². The van der Waals surface area contributed by atoms with Crippen LogP contribution in [0.15, 0.2) is 53.6 Å². The third kappa shape index (κ3) is 3.72. The van der Waals surface area contributed by atoms with Gasteiger partial charge in [0.1, 0.15) is 0 Å². The van der Waals surface area contributed by atoms with E-state index in [4.69, 9.17) is 0 Å². The summed E-state index contributed by atoms with van der Waals surface area (Å²) in [7, 11) is 0. The molecule has 0 spiro atoms. The summed E-state index contributed by atoms with van der Waals surface area (Å²) in [6.07, 6.45) is 1.52. The zero-order valence-corrected chi connectivity index (χ0v) is 11.2. The number of hydrogen-bond acceptors (Lipinski definition) is 4. The van der Waals surface area contributed by atoms with Crippen molar-refractivity contribution in [2.75, 3.05) is 5.32 Å². The van der Waals surface area contributed by atoms with Crippen LogP contribution in [0.25, 0.3) is 0 Å². The van der Waals surface area contributed by atoms with Gasteiger partial charge < -0.3 is 10.4 Å². The number of carbonyl (C=O) groups is 1. The molecule has 1 heterocycles. The Morgan fingerprint density at radius 1 is 1.26 bits per heavy atom. The Kier molecular flexibility index (Phi) is 4.41. The molecule has 98 valence electrons. The lowest BCUT2D eigenvalue weighted by Gasteiger charge is -2.12. The van der Waals surface area contributed by atoms with Crippen molar-refractivity contribution < 1.29 is 9.90 Å². The quantitative estimate of drug-likeness (QED) is 0.841. The van der Waals surface area contributed by atoms with Crippen molar-refractivity contribution in [2.24, 2.45) is 0 Å². The Labute approximate surface area is 115 Å². The fourth-order valence-corrected chi connectivity index (χ4v) is 2.36. The molecule has 19 heavy (non-hydrogen) atoms. The SMILES string of the molecule is C[C@H](Sc1ccccc1)C(=O)Nc1ncccc1O. The molecule has 0 saturated carbocycles. The number of pyridine rings is 1. The van der Waals surface area contributed by atoms with Crippen LogP contribution in [0.2, 0.25) is 0 Å². The molecule has 0 aliphatic rings. The number of benzene rings is 1. The molecule has 0 unspecified atom stereocenters. The minimum absolute atomic E-state index is 0.0345. The van der Waals surface area contributed by atoms with Crippen LogP contribution in [-0.4, -0.2) is 21.2 Å². The van der Waals surface area contributed by atoms with Gasteiger partial charge in [0.2, 0.25) is 5.91 Å². The lowest BCUT2D eigenvalue weighted by Crippen LogP contribution is -2.22. The molecule has 0 aliphatic heterocycles. The third-order valence-corrected chi connectivity index (χ3v) is 3.57. The maximum Gasteiger partial charge on any atom is 0.238 e. The first-order valence-corrected chi connectivity index (χ1v) is 6.71. The van der Waals surface area contributed by atoms with Gasteiger partial charge in [-0.1, -0.05) is 18.2 Å². The predicted octanol–water partition coefficient (Wildman–Crippen LogP) is 2.91. The van der Waals surface area contributed by atoms with Crippen LogP contribution in [0.5, 0.6) is 5.75 Å². The van der Waals surface area contributed by atoms with Crippen LogP contribution in [-0.2, 0) is 4.79 Å². The van der Waals surface area contributed by atoms with E-state index in [1.165, 1.54) is 24.0 Å². The molecule has 1 aromatic carbocycles. The van der Waals surface area contributed by atoms with Gasteiger partial charge in [0.15, 0.2) is 11.6 Å². The Bertz CT molecular complexity index is 560. The maximum absolute atomic E-state index is 12.0. The molecule has 1 amide bonds. The Balaban J connectivity index is 1.99. The van der Waals surface area contributed by atoms with Gasteiger partial charge in [-0.2, -0.15) is 0 Å². The van der Waals surface area contributed by atoms with Crippen molar-refractivity contribution in [1.82, 2.24) is 4.98 Å². The van der Waals surface area contributed by atoms with Gasteiger partial charge in [-0.3, -0.25) is 4.79 Å². The average molecular weight is 274 g/mol. The van der Waals surface area contributed by atoms with Crippen LogP contribution in [0.3, 0.4) is 0 Å². The molecule has 0 radical (unpaired) electrons. The molecule has 2 aromatic rings. The first kappa shape index (κ1) is 13.4. The minimum atomic E-state index is -0.274. The molecule has 5 heteroatoms. The van der Waals surface area contributed by atoms with Crippen molar-refractivity contribution in [3.63, 3.8) is 0 Å². The van der Waals surface area contributed by atoms with Crippen LogP contribution >= 0.6 is 11.8 Å². The molecule has 2 rings (SSSR count). The first-order valence-electron chi connectivity index (χ1n) is 5.83. The van der Waals surface area contributed by atoms with E-state index in [1.807, 2.05) is 37.3 Å². The van der Waals surface area contributed by atoms with Gasteiger partial charge in [0.25, 0.3) is 0 Å². The summed E-state index contributed by atoms with van der Waals surface area (Å²) in [5, 5.41) is 11.9. The number of carbonyl (C=O) groups excluding carboxylic acids is 1. The monoisotopic (exact) mass is 274 g/mol. The maximum atomic E-state index is 12.0. The molecule has 4 nitrogen and oxygen atoms in total. The lowest BCUT2D eigenvalue weighted by atomic mass is 10.4. The van der Waals surface area contributed by atoms with E-state index in [0.29, 0.717) is 0 Å². The minimum Gasteiger partial charge on any atom is -0.504 e. The first-order chi connectivity index (χ1) is 9.16. The number of aromatic hydroxyl groups is 1. The van der Waals surface area contributed by atoms with E-state index >= 15 is 0 Å². The van der Waals surface area contributed by atoms with Crippen molar-refractivity contribution in [2.45, 2.75) is 17.1 Å². The van der Waals surface area contributed by atoms with Crippen LogP contribution < -0.4 is 5.32 Å². The number of aromatic nitrogens is 1. The molecular weight excluding hydrogens is 260 g/mol. The lowest BCUT2D eigenvalue weighted by molar-refractivity contribution is -0.115. The van der Waals surface area contributed by atoms with E-state index in [-0.39, 0.29) is 22.7 Å². The van der Waals surface area contributed by atoms with Crippen molar-refractivity contribution in [1.29, 1.82) is 0 Å². The smallest absolute Gasteiger partial charge is 0.238 e. The van der Waals surface area contributed by atoms with E-state index in [1.54, 1.807) is 6.07 Å². The average Bonchev–Trinajstić information content (AvgIpc) is 2.42. The van der Waals surface area contributed by atoms with Gasteiger partial charge in [-0.05, 0) is 31.2 Å². The summed E-state index contributed by atoms with van der Waals surface area (Å²) in [4.78, 5) is 16.9. The zero-order chi connectivity index (χ0) is 13.7. The number of thioether (sulfide) groups is 1. The number of nitrogens with one attached hydrogen (secondary N) is 1. The number of amides is 1. The Hall–Kier alpha value is -2.01. The fourth-order valence-electron chi connectivity index (χ4n) is 1.47. The summed E-state index contributed by atoms with van der Waals surface area (Å²) < 4.78 is 0. The molecule has 1 atom stereocenters. The van der Waals surface area contributed by atoms with E-state index in [0.717, 1.165) is 4.90 Å². The number of anilines is 1. The molecule has 0 aliphatic carbocycles. The van der Waals surface area contributed by atoms with Gasteiger partial charge >= 0.3 is 0 Å². The number of rotatable bonds is 4. The second-order valence-corrected chi connectivity index (χ2v) is 5.35. The summed E-state index contributed by atoms with van der Waals surface area (Å²) in [6.45, 7) is 1.81. The third-order valence-electron chi connectivity index (χ3n) is 2.45. The van der Waals surface area contributed by atoms with Gasteiger partial charge in [-0.25, -0.2) is 4.98 Å². The highest BCUT2D eigenvalue weighted by molar-refractivity contribution is 8.00. The summed E-state index contributed by atoms with van der Waals surface area (Å²) in [6, 6.07) is 12.8. The van der Waals surface area contributed by atoms with Crippen molar-refractivity contribution >= 4 is 23.5 Å². The fraction of sp³-hybridized carbons (Fsp3) is 0.143. The largest absolute Gasteiger partial charge is 0.504 e. The van der Waals surface area contributed by atoms with Gasteiger partial charge in [-0.15, -0.1) is 11.8 Å². The van der Waals surface area contributed by atoms with Crippen LogP contribution in [0, 0.1) is 0 Å². The normalized spacial score (nSPS) is 11.8. The van der Waals surface area contributed by atoms with Crippen molar-refractivity contribution in [3.8, 4) is 5.75 Å². The highest BCUT2D eigenvalue weighted by Gasteiger charge is 2.16. The summed E-state index contributed by atoms with van der Waals surface area (Å²) >= 11 is 1.46. The van der Waals surface area contributed by atoms with Crippen LogP contribution in [0.1, 0.15) is 6.92 Å². The van der Waals surface area contributed by atoms with E-state index < -0.39 is 0 Å². The number of nitrogens with zero attached hydrogens (tertiary/aromatic N) is 1. The predicted molar refractivity (Wildman–Crippen MR) is 76.3 cm³/mol. The van der Waals surface area contributed by atoms with E-state index in [9.17, 15) is 9.90 Å². The summed E-state index contributed by atoms with van der Waals surface area (Å²) in [5.41, 5.74) is 0. The van der Waals surface area contributed by atoms with Gasteiger partial charge in [0, 0.05) is 11.1 Å². The summed E-state index contributed by atoms with van der Waals surface area (Å²) in [5.74, 6) is -0.0383. The second-order valence-electron chi connectivity index (χ2n) is 3.93. The standard InChI is InChI=1S/C14H14N2O2S/c1-10(19-11-6-3-2-4-7-11)14(18)16-13-12(17)8-5-9-15-13/h2-10,17H,1H3,(H,15,16,18)/t10-/m0/s1. The topological polar surface area (TPSA) is 62.2 Å². The molecule has 0 saturated heterocycles. The van der Waals surface area contributed by atoms with Crippen LogP contribution in [0.4, 0.5) is 5.82 Å². The Morgan fingerprint density at radius 2 is 2.00 bits per heavy atom. The zero-order valence-electron chi connectivity index (χ0n) is 10.4. The molecule has 2 N–H and O–H groups in total. The molecule has 1 aromatic heterocycles. The highest BCUT2D eigenvalue weighted by Crippen LogP contribution is 2.25. The molecule has 0 fully saturated rings. The molecular formula is C14H14N2O2S. The number of hydrogen-bond donors (Lipinski definition) is 2. The van der Waals surface area contributed by atoms with Gasteiger partial charge in [0.05, 0.1) is 5.25 Å². The highest BCUT2D eigenvalue weighted by atomic mass is 32.2.